The van der Waals surface area contributed by atoms with E-state index in [1.807, 2.05) is 0 Å². The summed E-state index contributed by atoms with van der Waals surface area (Å²) in [7, 11) is 0. The number of carboxylic acid groups (broad SMARTS) is 1. The fraction of sp³-hybridized carbons (Fsp3) is 0.529. The number of ether oxygens (including phenoxy) is 1. The van der Waals surface area contributed by atoms with Gasteiger partial charge in [-0.25, -0.2) is 0 Å². The van der Waals surface area contributed by atoms with Gasteiger partial charge in [-0.05, 0) is 43.5 Å². The monoisotopic (exact) mass is 323 g/mol. The molecule has 1 rings (SSSR count). The van der Waals surface area contributed by atoms with Crippen LogP contribution in [-0.4, -0.2) is 34.3 Å². The van der Waals surface area contributed by atoms with Gasteiger partial charge in [-0.2, -0.15) is 0 Å². The van der Waals surface area contributed by atoms with Crippen molar-refractivity contribution in [2.45, 2.75) is 46.1 Å². The maximum atomic E-state index is 12.0. The summed E-state index contributed by atoms with van der Waals surface area (Å²) in [5.74, 6) is -0.561. The number of hydrogen-bond acceptors (Lipinski definition) is 4. The lowest BCUT2D eigenvalue weighted by Gasteiger charge is -2.21. The van der Waals surface area contributed by atoms with Crippen LogP contribution in [-0.2, 0) is 9.59 Å². The highest BCUT2D eigenvalue weighted by molar-refractivity contribution is 5.91. The molecule has 0 heterocycles. The summed E-state index contributed by atoms with van der Waals surface area (Å²) in [5, 5.41) is 21.2. The first-order chi connectivity index (χ1) is 10.5. The van der Waals surface area contributed by atoms with Crippen LogP contribution in [0, 0.1) is 5.41 Å². The van der Waals surface area contributed by atoms with E-state index in [0.717, 1.165) is 0 Å². The van der Waals surface area contributed by atoms with Crippen LogP contribution in [0.3, 0.4) is 0 Å². The lowest BCUT2D eigenvalue weighted by atomic mass is 9.85. The number of aliphatic carboxylic acids is 1. The molecule has 3 N–H and O–H groups in total. The number of nitrogens with one attached hydrogen (secondary N) is 1. The lowest BCUT2D eigenvalue weighted by Crippen LogP contribution is -2.27. The van der Waals surface area contributed by atoms with E-state index in [1.165, 1.54) is 0 Å². The van der Waals surface area contributed by atoms with E-state index in [1.54, 1.807) is 52.0 Å². The maximum absolute atomic E-state index is 12.0. The molecule has 1 aromatic rings. The van der Waals surface area contributed by atoms with Gasteiger partial charge in [-0.3, -0.25) is 9.59 Å². The van der Waals surface area contributed by atoms with Crippen molar-refractivity contribution in [1.29, 1.82) is 0 Å². The van der Waals surface area contributed by atoms with Gasteiger partial charge in [0.25, 0.3) is 0 Å². The highest BCUT2D eigenvalue weighted by atomic mass is 16.5. The normalized spacial score (nSPS) is 11.9. The summed E-state index contributed by atoms with van der Waals surface area (Å²) >= 11 is 0. The Labute approximate surface area is 136 Å². The van der Waals surface area contributed by atoms with E-state index in [0.29, 0.717) is 11.4 Å². The highest BCUT2D eigenvalue weighted by Gasteiger charge is 2.25. The van der Waals surface area contributed by atoms with E-state index in [9.17, 15) is 14.7 Å². The van der Waals surface area contributed by atoms with Gasteiger partial charge in [-0.1, -0.05) is 13.8 Å². The van der Waals surface area contributed by atoms with Gasteiger partial charge in [0.2, 0.25) is 5.91 Å². The van der Waals surface area contributed by atoms with Crippen LogP contribution >= 0.6 is 0 Å². The van der Waals surface area contributed by atoms with Crippen molar-refractivity contribution in [3.63, 3.8) is 0 Å². The molecule has 0 aliphatic heterocycles. The fourth-order valence-electron chi connectivity index (χ4n) is 2.01. The Morgan fingerprint density at radius 2 is 1.65 bits per heavy atom. The van der Waals surface area contributed by atoms with Gasteiger partial charge in [0.1, 0.15) is 12.4 Å². The van der Waals surface area contributed by atoms with Gasteiger partial charge in [0.05, 0.1) is 12.0 Å². The Kier molecular flexibility index (Phi) is 6.15. The first-order valence-electron chi connectivity index (χ1n) is 7.44. The number of benzene rings is 1. The largest absolute Gasteiger partial charge is 0.491 e. The molecule has 0 saturated carbocycles. The molecule has 6 heteroatoms. The minimum atomic E-state index is -0.920. The third kappa shape index (κ3) is 8.21. The molecule has 23 heavy (non-hydrogen) atoms. The number of carboxylic acids is 1. The standard InChI is InChI=1S/C17H25NO5/c1-16(2,10-15(20)21)9-14(19)18-12-5-7-13(8-6-12)23-11-17(3,4)22/h5-8,22H,9-11H2,1-4H3,(H,18,19)(H,20,21). The number of aliphatic hydroxyl groups is 1. The molecule has 0 aliphatic carbocycles. The second kappa shape index (κ2) is 7.46. The van der Waals surface area contributed by atoms with Crippen molar-refractivity contribution in [3.8, 4) is 5.75 Å². The van der Waals surface area contributed by atoms with Gasteiger partial charge in [0, 0.05) is 12.1 Å². The second-order valence-corrected chi connectivity index (χ2v) is 7.09. The quantitative estimate of drug-likeness (QED) is 0.683. The number of rotatable bonds is 8. The Morgan fingerprint density at radius 3 is 2.13 bits per heavy atom. The Hall–Kier alpha value is -2.08. The van der Waals surface area contributed by atoms with Crippen molar-refractivity contribution in [2.75, 3.05) is 11.9 Å². The predicted octanol–water partition coefficient (Wildman–Crippen LogP) is 2.67. The zero-order valence-corrected chi connectivity index (χ0v) is 14.0. The van der Waals surface area contributed by atoms with E-state index in [2.05, 4.69) is 5.32 Å². The van der Waals surface area contributed by atoms with Gasteiger partial charge in [-0.15, -0.1) is 0 Å². The van der Waals surface area contributed by atoms with Gasteiger partial charge < -0.3 is 20.3 Å². The van der Waals surface area contributed by atoms with Crippen LogP contribution in [0.1, 0.15) is 40.5 Å². The maximum Gasteiger partial charge on any atom is 0.303 e. The third-order valence-corrected chi connectivity index (χ3v) is 3.00. The average Bonchev–Trinajstić information content (AvgIpc) is 2.34. The molecule has 0 fully saturated rings. The molecule has 6 nitrogen and oxygen atoms in total. The van der Waals surface area contributed by atoms with Crippen LogP contribution < -0.4 is 10.1 Å². The number of hydrogen-bond donors (Lipinski definition) is 3. The fourth-order valence-corrected chi connectivity index (χ4v) is 2.01. The highest BCUT2D eigenvalue weighted by Crippen LogP contribution is 2.26. The third-order valence-electron chi connectivity index (χ3n) is 3.00. The molecule has 0 atom stereocenters. The Balaban J connectivity index is 2.54. The number of amides is 1. The van der Waals surface area contributed by atoms with Crippen LogP contribution in [0.2, 0.25) is 0 Å². The Morgan fingerprint density at radius 1 is 1.09 bits per heavy atom. The zero-order chi connectivity index (χ0) is 17.7. The van der Waals surface area contributed by atoms with Crippen LogP contribution in [0.4, 0.5) is 5.69 Å². The van der Waals surface area contributed by atoms with Crippen molar-refractivity contribution in [2.24, 2.45) is 5.41 Å². The molecule has 0 aromatic heterocycles. The molecule has 0 aliphatic rings. The molecule has 0 spiro atoms. The molecule has 0 unspecified atom stereocenters. The van der Waals surface area contributed by atoms with Gasteiger partial charge in [0.15, 0.2) is 0 Å². The van der Waals surface area contributed by atoms with E-state index >= 15 is 0 Å². The van der Waals surface area contributed by atoms with E-state index in [-0.39, 0.29) is 25.4 Å². The minimum Gasteiger partial charge on any atom is -0.491 e. The summed E-state index contributed by atoms with van der Waals surface area (Å²) in [4.78, 5) is 22.7. The molecule has 0 radical (unpaired) electrons. The summed E-state index contributed by atoms with van der Waals surface area (Å²) in [6.07, 6.45) is 0.0559. The van der Waals surface area contributed by atoms with Crippen molar-refractivity contribution >= 4 is 17.6 Å². The molecule has 1 amide bonds. The summed E-state index contributed by atoms with van der Waals surface area (Å²) in [6.45, 7) is 6.96. The van der Waals surface area contributed by atoms with E-state index < -0.39 is 17.0 Å². The number of anilines is 1. The van der Waals surface area contributed by atoms with Crippen LogP contribution in [0.15, 0.2) is 24.3 Å². The molecular formula is C17H25NO5. The molecule has 0 bridgehead atoms. The average molecular weight is 323 g/mol. The lowest BCUT2D eigenvalue weighted by molar-refractivity contribution is -0.139. The first kappa shape index (κ1) is 19.0. The number of carbonyl (C=O) groups excluding carboxylic acids is 1. The first-order valence-corrected chi connectivity index (χ1v) is 7.44. The van der Waals surface area contributed by atoms with Crippen molar-refractivity contribution in [3.05, 3.63) is 24.3 Å². The molecule has 128 valence electrons. The summed E-state index contributed by atoms with van der Waals surface area (Å²) in [5.41, 5.74) is -0.911. The number of carbonyl (C=O) groups is 2. The van der Waals surface area contributed by atoms with Crippen LogP contribution in [0.5, 0.6) is 5.75 Å². The Bertz CT molecular complexity index is 543. The second-order valence-electron chi connectivity index (χ2n) is 7.09. The topological polar surface area (TPSA) is 95.9 Å². The van der Waals surface area contributed by atoms with E-state index in [4.69, 9.17) is 9.84 Å². The smallest absolute Gasteiger partial charge is 0.303 e. The predicted molar refractivity (Wildman–Crippen MR) is 87.5 cm³/mol. The molecule has 1 aromatic carbocycles. The molecular weight excluding hydrogens is 298 g/mol. The van der Waals surface area contributed by atoms with Crippen molar-refractivity contribution < 1.29 is 24.5 Å². The minimum absolute atomic E-state index is 0.0653. The summed E-state index contributed by atoms with van der Waals surface area (Å²) in [6, 6.07) is 6.79. The summed E-state index contributed by atoms with van der Waals surface area (Å²) < 4.78 is 5.43. The zero-order valence-electron chi connectivity index (χ0n) is 14.0. The van der Waals surface area contributed by atoms with Crippen LogP contribution in [0.25, 0.3) is 0 Å². The SMILES string of the molecule is CC(C)(O)COc1ccc(NC(=O)CC(C)(C)CC(=O)O)cc1. The molecule has 0 saturated heterocycles. The van der Waals surface area contributed by atoms with Gasteiger partial charge >= 0.3 is 5.97 Å². The van der Waals surface area contributed by atoms with Crippen molar-refractivity contribution in [1.82, 2.24) is 0 Å².